The van der Waals surface area contributed by atoms with Crippen molar-refractivity contribution in [3.8, 4) is 6.07 Å². The van der Waals surface area contributed by atoms with Gasteiger partial charge in [-0.2, -0.15) is 5.26 Å². The monoisotopic (exact) mass is 313 g/mol. The molecule has 0 saturated carbocycles. The van der Waals surface area contributed by atoms with E-state index >= 15 is 0 Å². The molecule has 23 heavy (non-hydrogen) atoms. The molecule has 2 N–H and O–H groups in total. The van der Waals surface area contributed by atoms with Crippen molar-refractivity contribution in [1.29, 1.82) is 5.26 Å². The third-order valence-corrected chi connectivity index (χ3v) is 3.71. The molecule has 0 radical (unpaired) electrons. The summed E-state index contributed by atoms with van der Waals surface area (Å²) < 4.78 is 0. The van der Waals surface area contributed by atoms with E-state index in [1.54, 1.807) is 12.1 Å². The largest absolute Gasteiger partial charge is 0.357 e. The Morgan fingerprint density at radius 3 is 2.57 bits per heavy atom. The molecule has 0 atom stereocenters. The Morgan fingerprint density at radius 1 is 1.26 bits per heavy atom. The second-order valence-electron chi connectivity index (χ2n) is 5.45. The maximum Gasteiger partial charge on any atom is 0.241 e. The van der Waals surface area contributed by atoms with Gasteiger partial charge in [0.2, 0.25) is 5.91 Å². The molecule has 2 rings (SSSR count). The van der Waals surface area contributed by atoms with E-state index in [0.717, 1.165) is 38.0 Å². The highest BCUT2D eigenvalue weighted by Crippen LogP contribution is 2.07. The second-order valence-corrected chi connectivity index (χ2v) is 5.45. The number of likely N-dealkylation sites (tertiary alicyclic amines) is 1. The van der Waals surface area contributed by atoms with Crippen LogP contribution in [0.5, 0.6) is 0 Å². The van der Waals surface area contributed by atoms with Gasteiger partial charge in [-0.25, -0.2) is 4.99 Å². The van der Waals surface area contributed by atoms with Gasteiger partial charge in [0.25, 0.3) is 0 Å². The molecule has 0 aliphatic carbocycles. The number of rotatable bonds is 5. The van der Waals surface area contributed by atoms with Crippen molar-refractivity contribution in [3.05, 3.63) is 35.4 Å². The number of benzene rings is 1. The molecule has 0 spiro atoms. The molecule has 6 nitrogen and oxygen atoms in total. The van der Waals surface area contributed by atoms with E-state index in [9.17, 15) is 4.79 Å². The molecular formula is C17H23N5O. The van der Waals surface area contributed by atoms with Gasteiger partial charge in [0, 0.05) is 19.6 Å². The molecule has 1 aliphatic heterocycles. The summed E-state index contributed by atoms with van der Waals surface area (Å²) in [7, 11) is 0. The van der Waals surface area contributed by atoms with E-state index in [4.69, 9.17) is 5.26 Å². The topological polar surface area (TPSA) is 80.5 Å². The first-order chi connectivity index (χ1) is 11.2. The van der Waals surface area contributed by atoms with Gasteiger partial charge < -0.3 is 15.5 Å². The molecule has 1 heterocycles. The van der Waals surface area contributed by atoms with E-state index in [1.807, 2.05) is 24.0 Å². The van der Waals surface area contributed by atoms with Gasteiger partial charge in [-0.05, 0) is 37.5 Å². The minimum atomic E-state index is 0.117. The number of nitrogens with zero attached hydrogens (tertiary/aromatic N) is 3. The Hall–Kier alpha value is -2.55. The van der Waals surface area contributed by atoms with E-state index in [-0.39, 0.29) is 12.5 Å². The number of nitrogens with one attached hydrogen (secondary N) is 2. The highest BCUT2D eigenvalue weighted by Gasteiger charge is 2.17. The summed E-state index contributed by atoms with van der Waals surface area (Å²) in [5.41, 5.74) is 1.66. The van der Waals surface area contributed by atoms with Crippen LogP contribution in [0.2, 0.25) is 0 Å². The summed E-state index contributed by atoms with van der Waals surface area (Å²) in [5.74, 6) is 0.746. The molecular weight excluding hydrogens is 290 g/mol. The van der Waals surface area contributed by atoms with Crippen molar-refractivity contribution < 1.29 is 4.79 Å². The molecule has 122 valence electrons. The van der Waals surface area contributed by atoms with Crippen LogP contribution in [0.1, 0.15) is 30.9 Å². The van der Waals surface area contributed by atoms with E-state index in [1.165, 1.54) is 0 Å². The van der Waals surface area contributed by atoms with Crippen LogP contribution in [0.3, 0.4) is 0 Å². The van der Waals surface area contributed by atoms with Gasteiger partial charge in [-0.1, -0.05) is 12.1 Å². The number of aliphatic imine (C=N–C) groups is 1. The first kappa shape index (κ1) is 16.8. The van der Waals surface area contributed by atoms with Gasteiger partial charge in [0.05, 0.1) is 24.7 Å². The van der Waals surface area contributed by atoms with Gasteiger partial charge in [0.1, 0.15) is 0 Å². The highest BCUT2D eigenvalue weighted by atomic mass is 16.2. The number of nitriles is 1. The van der Waals surface area contributed by atoms with Crippen molar-refractivity contribution in [1.82, 2.24) is 15.5 Å². The molecule has 0 unspecified atom stereocenters. The first-order valence-corrected chi connectivity index (χ1v) is 8.02. The number of carbonyl (C=O) groups is 1. The standard InChI is InChI=1S/C17H23N5O/c1-2-19-17(21-13-16(23)22-9-3-4-10-22)20-12-15-7-5-14(11-18)6-8-15/h5-8H,2-4,9-10,12-13H2,1H3,(H2,19,20,21). The van der Waals surface area contributed by atoms with Gasteiger partial charge in [-0.3, -0.25) is 4.79 Å². The zero-order valence-electron chi connectivity index (χ0n) is 13.5. The zero-order chi connectivity index (χ0) is 16.5. The smallest absolute Gasteiger partial charge is 0.241 e. The van der Waals surface area contributed by atoms with Crippen LogP contribution in [0.15, 0.2) is 29.3 Å². The third-order valence-electron chi connectivity index (χ3n) is 3.71. The molecule has 1 aromatic rings. The average molecular weight is 313 g/mol. The van der Waals surface area contributed by atoms with Crippen molar-refractivity contribution in [2.24, 2.45) is 4.99 Å². The highest BCUT2D eigenvalue weighted by molar-refractivity contribution is 5.86. The zero-order valence-corrected chi connectivity index (χ0v) is 13.5. The Balaban J connectivity index is 1.88. The lowest BCUT2D eigenvalue weighted by atomic mass is 10.1. The minimum Gasteiger partial charge on any atom is -0.357 e. The molecule has 1 amide bonds. The molecule has 6 heteroatoms. The number of hydrogen-bond acceptors (Lipinski definition) is 3. The number of guanidine groups is 1. The fraction of sp³-hybridized carbons (Fsp3) is 0.471. The summed E-state index contributed by atoms with van der Waals surface area (Å²) in [4.78, 5) is 18.4. The molecule has 0 bridgehead atoms. The predicted molar refractivity (Wildman–Crippen MR) is 89.8 cm³/mol. The number of carbonyl (C=O) groups excluding carboxylic acids is 1. The summed E-state index contributed by atoms with van der Waals surface area (Å²) in [6.07, 6.45) is 2.19. The summed E-state index contributed by atoms with van der Waals surface area (Å²) in [6, 6.07) is 9.44. The first-order valence-electron chi connectivity index (χ1n) is 8.02. The lowest BCUT2D eigenvalue weighted by molar-refractivity contribution is -0.128. The van der Waals surface area contributed by atoms with E-state index in [2.05, 4.69) is 21.7 Å². The number of amides is 1. The van der Waals surface area contributed by atoms with E-state index in [0.29, 0.717) is 18.1 Å². The minimum absolute atomic E-state index is 0.117. The maximum atomic E-state index is 12.0. The van der Waals surface area contributed by atoms with Crippen LogP contribution in [0, 0.1) is 11.3 Å². The van der Waals surface area contributed by atoms with Crippen molar-refractivity contribution in [3.63, 3.8) is 0 Å². The van der Waals surface area contributed by atoms with Crippen LogP contribution in [0.25, 0.3) is 0 Å². The van der Waals surface area contributed by atoms with Crippen LogP contribution in [-0.4, -0.2) is 42.9 Å². The Labute approximate surface area is 137 Å². The SMILES string of the molecule is CCNC(=NCc1ccc(C#N)cc1)NCC(=O)N1CCCC1. The van der Waals surface area contributed by atoms with Crippen LogP contribution >= 0.6 is 0 Å². The third kappa shape index (κ3) is 5.29. The van der Waals surface area contributed by atoms with Gasteiger partial charge in [0.15, 0.2) is 5.96 Å². The van der Waals surface area contributed by atoms with Gasteiger partial charge >= 0.3 is 0 Å². The normalized spacial score (nSPS) is 14.4. The van der Waals surface area contributed by atoms with E-state index < -0.39 is 0 Å². The van der Waals surface area contributed by atoms with Crippen LogP contribution in [-0.2, 0) is 11.3 Å². The fourth-order valence-corrected chi connectivity index (χ4v) is 2.43. The quantitative estimate of drug-likeness (QED) is 0.633. The van der Waals surface area contributed by atoms with Crippen molar-refractivity contribution >= 4 is 11.9 Å². The fourth-order valence-electron chi connectivity index (χ4n) is 2.43. The van der Waals surface area contributed by atoms with Crippen LogP contribution in [0.4, 0.5) is 0 Å². The lowest BCUT2D eigenvalue weighted by Crippen LogP contribution is -2.44. The van der Waals surface area contributed by atoms with Crippen LogP contribution < -0.4 is 10.6 Å². The molecule has 1 saturated heterocycles. The summed E-state index contributed by atoms with van der Waals surface area (Å²) >= 11 is 0. The Kier molecular flexibility index (Phi) is 6.42. The summed E-state index contributed by atoms with van der Waals surface area (Å²) in [6.45, 7) is 5.20. The van der Waals surface area contributed by atoms with Gasteiger partial charge in [-0.15, -0.1) is 0 Å². The molecule has 0 aromatic heterocycles. The lowest BCUT2D eigenvalue weighted by Gasteiger charge is -2.17. The molecule has 1 fully saturated rings. The Morgan fingerprint density at radius 2 is 1.96 bits per heavy atom. The second kappa shape index (κ2) is 8.79. The molecule has 1 aliphatic rings. The number of hydrogen-bond donors (Lipinski definition) is 2. The molecule has 1 aromatic carbocycles. The summed E-state index contributed by atoms with van der Waals surface area (Å²) in [5, 5.41) is 15.0. The Bertz CT molecular complexity index is 582. The average Bonchev–Trinajstić information content (AvgIpc) is 3.12. The van der Waals surface area contributed by atoms with Crippen molar-refractivity contribution in [2.75, 3.05) is 26.2 Å². The predicted octanol–water partition coefficient (Wildman–Crippen LogP) is 1.24. The van der Waals surface area contributed by atoms with Crippen molar-refractivity contribution in [2.45, 2.75) is 26.3 Å². The maximum absolute atomic E-state index is 12.0.